The highest BCUT2D eigenvalue weighted by Gasteiger charge is 2.46. The number of benzene rings is 1. The van der Waals surface area contributed by atoms with Crippen molar-refractivity contribution in [3.8, 4) is 0 Å². The van der Waals surface area contributed by atoms with Crippen molar-refractivity contribution in [2.45, 2.75) is 18.7 Å². The second-order valence-corrected chi connectivity index (χ2v) is 7.50. The minimum absolute atomic E-state index is 0.0757. The van der Waals surface area contributed by atoms with E-state index in [1.165, 1.54) is 12.5 Å². The summed E-state index contributed by atoms with van der Waals surface area (Å²) < 4.78 is 4.60. The summed E-state index contributed by atoms with van der Waals surface area (Å²) in [6.45, 7) is 0.0757. The Balaban J connectivity index is 1.78. The van der Waals surface area contributed by atoms with Gasteiger partial charge in [-0.1, -0.05) is 35.5 Å². The molecule has 1 aromatic carbocycles. The Kier molecular flexibility index (Phi) is 7.73. The van der Waals surface area contributed by atoms with Crippen molar-refractivity contribution in [3.05, 3.63) is 47.0 Å². The molecular weight excluding hydrogens is 462 g/mol. The molecule has 168 valence electrons. The van der Waals surface area contributed by atoms with Gasteiger partial charge in [-0.15, -0.1) is 22.9 Å². The van der Waals surface area contributed by atoms with Crippen LogP contribution in [0.3, 0.4) is 0 Å². The molecule has 1 aliphatic rings. The van der Waals surface area contributed by atoms with Crippen molar-refractivity contribution in [3.63, 3.8) is 0 Å². The van der Waals surface area contributed by atoms with E-state index >= 15 is 0 Å². The van der Waals surface area contributed by atoms with Crippen molar-refractivity contribution in [1.29, 1.82) is 0 Å². The number of halogens is 1. The number of alkyl halides is 1. The molecule has 11 nitrogen and oxygen atoms in total. The molecule has 3 rings (SSSR count). The molecule has 0 radical (unpaired) electrons. The maximum absolute atomic E-state index is 12.9. The summed E-state index contributed by atoms with van der Waals surface area (Å²) in [5.74, 6) is -2.78. The van der Waals surface area contributed by atoms with Gasteiger partial charge in [0.15, 0.2) is 16.9 Å². The van der Waals surface area contributed by atoms with Crippen LogP contribution in [0, 0.1) is 0 Å². The standard InChI is InChI=1S/C19H18ClN5O6S/c1-30-18(29)15-14(17(28)24-15)23-16(27)13(25-31-8-10-5-3-2-4-6-10)11-9-32-19(21-11)22-12(26)7-20/h2-6,9,14-15H,7-8H2,1H3,(H,23,27)(H,24,28)(H,21,22,26)/b25-13-/t14-,15-/m1/s1. The number of esters is 1. The number of oxime groups is 1. The molecule has 1 aromatic heterocycles. The van der Waals surface area contributed by atoms with Crippen LogP contribution in [0.2, 0.25) is 0 Å². The Bertz CT molecular complexity index is 1040. The molecule has 1 aliphatic heterocycles. The maximum atomic E-state index is 12.9. The number of aromatic nitrogens is 1. The molecule has 0 saturated carbocycles. The lowest BCUT2D eigenvalue weighted by molar-refractivity contribution is -0.153. The molecule has 3 amide bonds. The molecule has 1 saturated heterocycles. The molecule has 1 fully saturated rings. The molecule has 2 atom stereocenters. The van der Waals surface area contributed by atoms with Crippen molar-refractivity contribution in [2.75, 3.05) is 18.3 Å². The van der Waals surface area contributed by atoms with E-state index in [1.54, 1.807) is 0 Å². The van der Waals surface area contributed by atoms with Crippen molar-refractivity contribution < 1.29 is 28.8 Å². The number of nitrogens with one attached hydrogen (secondary N) is 3. The quantitative estimate of drug-likeness (QED) is 0.155. The number of hydrogen-bond acceptors (Lipinski definition) is 9. The fourth-order valence-corrected chi connectivity index (χ4v) is 3.38. The highest BCUT2D eigenvalue weighted by atomic mass is 35.5. The zero-order valence-electron chi connectivity index (χ0n) is 16.7. The van der Waals surface area contributed by atoms with Crippen LogP contribution >= 0.6 is 22.9 Å². The zero-order chi connectivity index (χ0) is 23.1. The van der Waals surface area contributed by atoms with Crippen LogP contribution in [-0.4, -0.2) is 59.5 Å². The van der Waals surface area contributed by atoms with E-state index in [4.69, 9.17) is 16.4 Å². The average Bonchev–Trinajstić information content (AvgIpc) is 3.26. The number of nitrogens with zero attached hydrogens (tertiary/aromatic N) is 2. The summed E-state index contributed by atoms with van der Waals surface area (Å²) in [6, 6.07) is 6.98. The minimum Gasteiger partial charge on any atom is -0.467 e. The summed E-state index contributed by atoms with van der Waals surface area (Å²) in [6.07, 6.45) is 0. The van der Waals surface area contributed by atoms with Gasteiger partial charge in [0, 0.05) is 5.38 Å². The second kappa shape index (κ2) is 10.7. The third-order valence-corrected chi connectivity index (χ3v) is 5.22. The lowest BCUT2D eigenvalue weighted by Crippen LogP contribution is -2.72. The monoisotopic (exact) mass is 479 g/mol. The highest BCUT2D eigenvalue weighted by Crippen LogP contribution is 2.17. The normalized spacial score (nSPS) is 17.6. The third kappa shape index (κ3) is 5.59. The minimum atomic E-state index is -1.14. The Hall–Kier alpha value is -3.51. The van der Waals surface area contributed by atoms with Gasteiger partial charge in [-0.3, -0.25) is 14.4 Å². The van der Waals surface area contributed by atoms with Crippen molar-refractivity contribution >= 4 is 57.5 Å². The van der Waals surface area contributed by atoms with E-state index in [0.29, 0.717) is 0 Å². The molecule has 2 heterocycles. The van der Waals surface area contributed by atoms with E-state index in [1.807, 2.05) is 30.3 Å². The number of methoxy groups -OCH3 is 1. The lowest BCUT2D eigenvalue weighted by atomic mass is 9.99. The largest absolute Gasteiger partial charge is 0.467 e. The number of hydrogen-bond donors (Lipinski definition) is 3. The van der Waals surface area contributed by atoms with E-state index in [0.717, 1.165) is 16.9 Å². The van der Waals surface area contributed by atoms with Gasteiger partial charge in [0.1, 0.15) is 24.2 Å². The molecule has 32 heavy (non-hydrogen) atoms. The van der Waals surface area contributed by atoms with Gasteiger partial charge in [-0.2, -0.15) is 0 Å². The molecule has 13 heteroatoms. The topological polar surface area (TPSA) is 148 Å². The average molecular weight is 480 g/mol. The van der Waals surface area contributed by atoms with Gasteiger partial charge >= 0.3 is 5.97 Å². The number of β-lactam (4-membered cyclic amide) rings is 1. The van der Waals surface area contributed by atoms with Crippen molar-refractivity contribution in [2.24, 2.45) is 5.16 Å². The smallest absolute Gasteiger partial charge is 0.331 e. The Morgan fingerprint density at radius 2 is 2.03 bits per heavy atom. The van der Waals surface area contributed by atoms with Crippen LogP contribution in [0.25, 0.3) is 0 Å². The van der Waals surface area contributed by atoms with E-state index < -0.39 is 35.8 Å². The number of thiazole rings is 1. The van der Waals surface area contributed by atoms with Crippen LogP contribution < -0.4 is 16.0 Å². The number of carbonyl (C=O) groups is 4. The predicted octanol–water partition coefficient (Wildman–Crippen LogP) is 0.398. The van der Waals surface area contributed by atoms with E-state index in [9.17, 15) is 19.2 Å². The third-order valence-electron chi connectivity index (χ3n) is 4.21. The summed E-state index contributed by atoms with van der Waals surface area (Å²) in [4.78, 5) is 57.4. The fourth-order valence-electron chi connectivity index (χ4n) is 2.60. The lowest BCUT2D eigenvalue weighted by Gasteiger charge is -2.34. The first kappa shape index (κ1) is 23.2. The Morgan fingerprint density at radius 3 is 2.69 bits per heavy atom. The molecular formula is C19H18ClN5O6S. The van der Waals surface area contributed by atoms with Gasteiger partial charge in [0.05, 0.1) is 7.11 Å². The molecule has 2 aromatic rings. The van der Waals surface area contributed by atoms with Gasteiger partial charge in [-0.05, 0) is 5.56 Å². The Morgan fingerprint density at radius 1 is 1.28 bits per heavy atom. The highest BCUT2D eigenvalue weighted by molar-refractivity contribution is 7.14. The number of carbonyl (C=O) groups excluding carboxylic acids is 4. The van der Waals surface area contributed by atoms with E-state index in [-0.39, 0.29) is 29.0 Å². The molecule has 0 aliphatic carbocycles. The van der Waals surface area contributed by atoms with E-state index in [2.05, 4.69) is 30.8 Å². The predicted molar refractivity (Wildman–Crippen MR) is 115 cm³/mol. The first-order chi connectivity index (χ1) is 15.4. The Labute approximate surface area is 191 Å². The number of amides is 3. The van der Waals surface area contributed by atoms with Gasteiger partial charge < -0.3 is 25.5 Å². The summed E-state index contributed by atoms with van der Waals surface area (Å²) in [5.41, 5.74) is 0.667. The molecule has 3 N–H and O–H groups in total. The zero-order valence-corrected chi connectivity index (χ0v) is 18.2. The van der Waals surface area contributed by atoms with Crippen molar-refractivity contribution in [1.82, 2.24) is 15.6 Å². The summed E-state index contributed by atoms with van der Waals surface area (Å²) >= 11 is 6.52. The number of anilines is 1. The SMILES string of the molecule is COC(=O)[C@@H]1NC(=O)[C@@H]1NC(=O)/C(=N\OCc1ccccc1)c1csc(NC(=O)CCl)n1. The molecule has 0 bridgehead atoms. The summed E-state index contributed by atoms with van der Waals surface area (Å²) in [7, 11) is 1.17. The van der Waals surface area contributed by atoms with Crippen LogP contribution in [0.4, 0.5) is 5.13 Å². The summed E-state index contributed by atoms with van der Waals surface area (Å²) in [5, 5.41) is 12.8. The second-order valence-electron chi connectivity index (χ2n) is 6.38. The first-order valence-electron chi connectivity index (χ1n) is 9.17. The molecule has 0 spiro atoms. The fraction of sp³-hybridized carbons (Fsp3) is 0.263. The van der Waals surface area contributed by atoms with Crippen LogP contribution in [0.5, 0.6) is 0 Å². The maximum Gasteiger partial charge on any atom is 0.331 e. The van der Waals surface area contributed by atoms with Gasteiger partial charge in [0.25, 0.3) is 5.91 Å². The molecule has 0 unspecified atom stereocenters. The number of rotatable bonds is 9. The number of ether oxygens (including phenoxy) is 1. The first-order valence-corrected chi connectivity index (χ1v) is 10.6. The van der Waals surface area contributed by atoms with Crippen LogP contribution in [0.1, 0.15) is 11.3 Å². The van der Waals surface area contributed by atoms with Gasteiger partial charge in [-0.25, -0.2) is 9.78 Å². The van der Waals surface area contributed by atoms with Gasteiger partial charge in [0.2, 0.25) is 11.8 Å². The van der Waals surface area contributed by atoms with Crippen LogP contribution in [-0.2, 0) is 35.4 Å². The van der Waals surface area contributed by atoms with Crippen LogP contribution in [0.15, 0.2) is 40.9 Å².